The molecular formula is C21H19F2NO5. The van der Waals surface area contributed by atoms with Crippen molar-refractivity contribution in [2.45, 2.75) is 26.4 Å². The molecule has 0 aliphatic rings. The third-order valence-corrected chi connectivity index (χ3v) is 4.07. The van der Waals surface area contributed by atoms with Crippen molar-refractivity contribution in [1.29, 1.82) is 0 Å². The highest BCUT2D eigenvalue weighted by Crippen LogP contribution is 2.32. The van der Waals surface area contributed by atoms with Crippen LogP contribution in [0.3, 0.4) is 0 Å². The van der Waals surface area contributed by atoms with E-state index in [1.807, 2.05) is 6.92 Å². The molecule has 0 saturated carbocycles. The predicted molar refractivity (Wildman–Crippen MR) is 100 cm³/mol. The number of oxazole rings is 1. The van der Waals surface area contributed by atoms with Gasteiger partial charge in [0.15, 0.2) is 17.3 Å². The van der Waals surface area contributed by atoms with Crippen LogP contribution in [0.25, 0.3) is 11.5 Å². The fourth-order valence-corrected chi connectivity index (χ4v) is 2.75. The molecule has 1 aromatic heterocycles. The smallest absolute Gasteiger partial charge is 0.387 e. The average molecular weight is 403 g/mol. The number of nitrogens with zero attached hydrogens (tertiary/aromatic N) is 1. The first kappa shape index (κ1) is 20.3. The Hall–Kier alpha value is -3.42. The number of carbonyl (C=O) groups is 1. The quantitative estimate of drug-likeness (QED) is 0.514. The second-order valence-electron chi connectivity index (χ2n) is 6.06. The summed E-state index contributed by atoms with van der Waals surface area (Å²) in [6, 6.07) is 10.9. The van der Waals surface area contributed by atoms with Gasteiger partial charge in [-0.3, -0.25) is 4.79 Å². The van der Waals surface area contributed by atoms with E-state index in [9.17, 15) is 18.7 Å². The molecule has 152 valence electrons. The molecule has 0 aliphatic carbocycles. The summed E-state index contributed by atoms with van der Waals surface area (Å²) in [6.45, 7) is -0.762. The van der Waals surface area contributed by atoms with E-state index in [0.717, 1.165) is 0 Å². The lowest BCUT2D eigenvalue weighted by Crippen LogP contribution is -2.05. The van der Waals surface area contributed by atoms with Gasteiger partial charge < -0.3 is 19.0 Å². The number of phenolic OH excluding ortho intramolecular Hbond substituents is 1. The first-order valence-corrected chi connectivity index (χ1v) is 8.95. The lowest BCUT2D eigenvalue weighted by molar-refractivity contribution is -0.0512. The molecule has 3 rings (SSSR count). The summed E-state index contributed by atoms with van der Waals surface area (Å²) in [5, 5.41) is 9.59. The van der Waals surface area contributed by atoms with Crippen molar-refractivity contribution in [2.75, 3.05) is 6.61 Å². The highest BCUT2D eigenvalue weighted by molar-refractivity contribution is 5.98. The number of aromatic nitrogens is 1. The number of para-hydroxylation sites is 1. The van der Waals surface area contributed by atoms with Gasteiger partial charge in [0.05, 0.1) is 17.9 Å². The van der Waals surface area contributed by atoms with E-state index < -0.39 is 12.4 Å². The Bertz CT molecular complexity index is 987. The molecule has 0 aliphatic heterocycles. The molecule has 1 heterocycles. The highest BCUT2D eigenvalue weighted by Gasteiger charge is 2.16. The predicted octanol–water partition coefficient (Wildman–Crippen LogP) is 4.86. The van der Waals surface area contributed by atoms with Gasteiger partial charge in [-0.2, -0.15) is 8.78 Å². The molecule has 8 heteroatoms. The second kappa shape index (κ2) is 9.18. The Morgan fingerprint density at radius 3 is 2.76 bits per heavy atom. The number of ketones is 1. The van der Waals surface area contributed by atoms with Crippen LogP contribution in [0.15, 0.2) is 53.1 Å². The van der Waals surface area contributed by atoms with Gasteiger partial charge in [-0.05, 0) is 37.3 Å². The molecule has 3 aromatic rings. The summed E-state index contributed by atoms with van der Waals surface area (Å²) in [5.41, 5.74) is 1.40. The lowest BCUT2D eigenvalue weighted by Gasteiger charge is -2.08. The number of halogens is 2. The molecule has 1 N–H and O–H groups in total. The Labute approximate surface area is 165 Å². The van der Waals surface area contributed by atoms with Crippen molar-refractivity contribution in [1.82, 2.24) is 4.98 Å². The first-order chi connectivity index (χ1) is 14.0. The normalized spacial score (nSPS) is 10.9. The first-order valence-electron chi connectivity index (χ1n) is 8.95. The number of rotatable bonds is 9. The van der Waals surface area contributed by atoms with Crippen LogP contribution in [0.4, 0.5) is 8.78 Å². The SMILES string of the molecule is CCOc1ccccc1C(=O)CCc1coc(-c2ccc(O)c(OC(F)F)c2)n1. The zero-order chi connectivity index (χ0) is 20.8. The third kappa shape index (κ3) is 5.10. The molecule has 0 amide bonds. The Morgan fingerprint density at radius 2 is 2.00 bits per heavy atom. The van der Waals surface area contributed by atoms with Crippen LogP contribution in [0, 0.1) is 0 Å². The summed E-state index contributed by atoms with van der Waals surface area (Å²) in [4.78, 5) is 16.8. The van der Waals surface area contributed by atoms with Crippen molar-refractivity contribution in [2.24, 2.45) is 0 Å². The second-order valence-corrected chi connectivity index (χ2v) is 6.06. The number of alkyl halides is 2. The molecule has 6 nitrogen and oxygen atoms in total. The van der Waals surface area contributed by atoms with Gasteiger partial charge >= 0.3 is 6.61 Å². The summed E-state index contributed by atoms with van der Waals surface area (Å²) < 4.78 is 40.0. The van der Waals surface area contributed by atoms with Crippen LogP contribution in [0.1, 0.15) is 29.4 Å². The van der Waals surface area contributed by atoms with Crippen molar-refractivity contribution in [3.8, 4) is 28.7 Å². The molecule has 0 atom stereocenters. The molecule has 0 unspecified atom stereocenters. The van der Waals surface area contributed by atoms with Gasteiger partial charge in [0.1, 0.15) is 12.0 Å². The Morgan fingerprint density at radius 1 is 1.21 bits per heavy atom. The molecule has 0 spiro atoms. The van der Waals surface area contributed by atoms with E-state index in [0.29, 0.717) is 35.6 Å². The van der Waals surface area contributed by atoms with Gasteiger partial charge in [0, 0.05) is 18.4 Å². The van der Waals surface area contributed by atoms with E-state index in [1.54, 1.807) is 24.3 Å². The van der Waals surface area contributed by atoms with Gasteiger partial charge in [-0.1, -0.05) is 12.1 Å². The molecule has 0 saturated heterocycles. The largest absolute Gasteiger partial charge is 0.504 e. The van der Waals surface area contributed by atoms with E-state index in [1.165, 1.54) is 24.5 Å². The third-order valence-electron chi connectivity index (χ3n) is 4.07. The van der Waals surface area contributed by atoms with E-state index in [2.05, 4.69) is 9.72 Å². The molecular weight excluding hydrogens is 384 g/mol. The van der Waals surface area contributed by atoms with Crippen LogP contribution in [-0.4, -0.2) is 29.1 Å². The monoisotopic (exact) mass is 403 g/mol. The number of Topliss-reactive ketones (excluding diaryl/α,β-unsaturated/α-hetero) is 1. The van der Waals surface area contributed by atoms with Crippen molar-refractivity contribution in [3.05, 3.63) is 60.0 Å². The summed E-state index contributed by atoms with van der Waals surface area (Å²) in [6.07, 6.45) is 1.93. The van der Waals surface area contributed by atoms with Gasteiger partial charge in [-0.25, -0.2) is 4.98 Å². The van der Waals surface area contributed by atoms with Gasteiger partial charge in [-0.15, -0.1) is 0 Å². The standard InChI is InChI=1S/C21H19F2NO5/c1-2-27-18-6-4-3-5-15(18)16(25)10-8-14-12-28-20(24-14)13-7-9-17(26)19(11-13)29-21(22)23/h3-7,9,11-12,21,26H,2,8,10H2,1H3. The van der Waals surface area contributed by atoms with Crippen LogP contribution in [-0.2, 0) is 6.42 Å². The number of ether oxygens (including phenoxy) is 2. The maximum Gasteiger partial charge on any atom is 0.387 e. The molecule has 0 fully saturated rings. The molecule has 0 radical (unpaired) electrons. The summed E-state index contributed by atoms with van der Waals surface area (Å²) >= 11 is 0. The fourth-order valence-electron chi connectivity index (χ4n) is 2.75. The number of aromatic hydroxyl groups is 1. The molecule has 29 heavy (non-hydrogen) atoms. The summed E-state index contributed by atoms with van der Waals surface area (Å²) in [7, 11) is 0. The number of hydrogen-bond acceptors (Lipinski definition) is 6. The Kier molecular flexibility index (Phi) is 6.43. The summed E-state index contributed by atoms with van der Waals surface area (Å²) in [5.74, 6) is -0.173. The number of carbonyl (C=O) groups excluding carboxylic acids is 1. The van der Waals surface area contributed by atoms with Crippen molar-refractivity contribution in [3.63, 3.8) is 0 Å². The van der Waals surface area contributed by atoms with Crippen LogP contribution in [0.2, 0.25) is 0 Å². The van der Waals surface area contributed by atoms with Crippen molar-refractivity contribution >= 4 is 5.78 Å². The van der Waals surface area contributed by atoms with E-state index >= 15 is 0 Å². The lowest BCUT2D eigenvalue weighted by atomic mass is 10.0. The van der Waals surface area contributed by atoms with Gasteiger partial charge in [0.25, 0.3) is 0 Å². The van der Waals surface area contributed by atoms with Crippen molar-refractivity contribution < 1.29 is 32.6 Å². The minimum Gasteiger partial charge on any atom is -0.504 e. The zero-order valence-corrected chi connectivity index (χ0v) is 15.6. The van der Waals surface area contributed by atoms with Crippen LogP contribution in [0.5, 0.6) is 17.2 Å². The number of aryl methyl sites for hydroxylation is 1. The maximum atomic E-state index is 12.5. The highest BCUT2D eigenvalue weighted by atomic mass is 19.3. The topological polar surface area (TPSA) is 81.8 Å². The number of hydrogen-bond donors (Lipinski definition) is 1. The van der Waals surface area contributed by atoms with Gasteiger partial charge in [0.2, 0.25) is 5.89 Å². The molecule has 0 bridgehead atoms. The van der Waals surface area contributed by atoms with E-state index in [-0.39, 0.29) is 23.8 Å². The average Bonchev–Trinajstić information content (AvgIpc) is 3.17. The van der Waals surface area contributed by atoms with E-state index in [4.69, 9.17) is 9.15 Å². The molecule has 2 aromatic carbocycles. The number of benzene rings is 2. The maximum absolute atomic E-state index is 12.5. The Balaban J connectivity index is 1.69. The van der Waals surface area contributed by atoms with Crippen LogP contribution >= 0.6 is 0 Å². The zero-order valence-electron chi connectivity index (χ0n) is 15.6. The van der Waals surface area contributed by atoms with Crippen LogP contribution < -0.4 is 9.47 Å². The number of phenols is 1. The fraction of sp³-hybridized carbons (Fsp3) is 0.238. The minimum atomic E-state index is -3.07. The minimum absolute atomic E-state index is 0.0872.